The van der Waals surface area contributed by atoms with Crippen molar-refractivity contribution >= 4 is 0 Å². The van der Waals surface area contributed by atoms with Crippen LogP contribution in [0.1, 0.15) is 11.6 Å². The first-order valence-corrected chi connectivity index (χ1v) is 4.81. The van der Waals surface area contributed by atoms with Crippen LogP contribution < -0.4 is 10.5 Å². The van der Waals surface area contributed by atoms with E-state index in [1.807, 2.05) is 0 Å². The Balaban J connectivity index is 3.16. The molecule has 0 saturated carbocycles. The van der Waals surface area contributed by atoms with Gasteiger partial charge >= 0.3 is 18.7 Å². The van der Waals surface area contributed by atoms with Gasteiger partial charge in [0.05, 0.1) is 0 Å². The maximum absolute atomic E-state index is 13.0. The van der Waals surface area contributed by atoms with Gasteiger partial charge in [-0.1, -0.05) is 18.2 Å². The number of alkyl halides is 7. The van der Waals surface area contributed by atoms with Gasteiger partial charge in [0, 0.05) is 5.56 Å². The Kier molecular flexibility index (Phi) is 4.28. The molecule has 108 valence electrons. The van der Waals surface area contributed by atoms with Crippen LogP contribution in [0.5, 0.6) is 5.75 Å². The molecule has 19 heavy (non-hydrogen) atoms. The average molecular weight is 291 g/mol. The second-order valence-electron chi connectivity index (χ2n) is 3.51. The molecular weight excluding hydrogens is 283 g/mol. The highest BCUT2D eigenvalue weighted by Crippen LogP contribution is 2.45. The number of halogens is 7. The molecule has 9 heteroatoms. The zero-order valence-electron chi connectivity index (χ0n) is 9.10. The van der Waals surface area contributed by atoms with E-state index < -0.39 is 36.1 Å². The summed E-state index contributed by atoms with van der Waals surface area (Å²) < 4.78 is 90.4. The molecule has 1 rings (SSSR count). The highest BCUT2D eigenvalue weighted by molar-refractivity contribution is 5.37. The van der Waals surface area contributed by atoms with Crippen LogP contribution in [-0.2, 0) is 0 Å². The largest absolute Gasteiger partial charge is 0.455 e. The minimum absolute atomic E-state index is 0.766. The van der Waals surface area contributed by atoms with E-state index in [1.54, 1.807) is 0 Å². The van der Waals surface area contributed by atoms with E-state index in [-0.39, 0.29) is 0 Å². The second kappa shape index (κ2) is 5.24. The molecule has 0 fully saturated rings. The second-order valence-corrected chi connectivity index (χ2v) is 3.51. The van der Waals surface area contributed by atoms with Crippen molar-refractivity contribution in [1.29, 1.82) is 0 Å². The van der Waals surface area contributed by atoms with Crippen LogP contribution in [0.4, 0.5) is 30.7 Å². The normalized spacial score (nSPS) is 14.6. The van der Waals surface area contributed by atoms with Crippen molar-refractivity contribution in [2.45, 2.75) is 24.8 Å². The van der Waals surface area contributed by atoms with Crippen LogP contribution >= 0.6 is 0 Å². The SMILES string of the molecule is N[C@@H](c1ccccc1OC(F)F)C(F)(F)C(F)(F)F. The lowest BCUT2D eigenvalue weighted by Gasteiger charge is -2.27. The van der Waals surface area contributed by atoms with E-state index in [9.17, 15) is 30.7 Å². The van der Waals surface area contributed by atoms with Crippen LogP contribution in [-0.4, -0.2) is 18.7 Å². The third kappa shape index (κ3) is 3.28. The number of nitrogens with two attached hydrogens (primary N) is 1. The van der Waals surface area contributed by atoms with Gasteiger partial charge in [-0.3, -0.25) is 0 Å². The number of rotatable bonds is 4. The summed E-state index contributed by atoms with van der Waals surface area (Å²) in [4.78, 5) is 0. The van der Waals surface area contributed by atoms with E-state index in [2.05, 4.69) is 4.74 Å². The van der Waals surface area contributed by atoms with E-state index in [0.29, 0.717) is 0 Å². The number of para-hydroxylation sites is 1. The van der Waals surface area contributed by atoms with Gasteiger partial charge in [0.15, 0.2) is 0 Å². The van der Waals surface area contributed by atoms with Gasteiger partial charge in [0.25, 0.3) is 0 Å². The molecule has 0 spiro atoms. The maximum atomic E-state index is 13.0. The zero-order valence-corrected chi connectivity index (χ0v) is 9.10. The molecule has 1 atom stereocenters. The Morgan fingerprint density at radius 1 is 1.00 bits per heavy atom. The minimum Gasteiger partial charge on any atom is -0.434 e. The van der Waals surface area contributed by atoms with E-state index in [4.69, 9.17) is 5.73 Å². The Bertz CT molecular complexity index is 432. The Morgan fingerprint density at radius 2 is 1.53 bits per heavy atom. The monoisotopic (exact) mass is 291 g/mol. The topological polar surface area (TPSA) is 35.2 Å². The lowest BCUT2D eigenvalue weighted by molar-refractivity contribution is -0.291. The number of hydrogen-bond donors (Lipinski definition) is 1. The molecule has 0 bridgehead atoms. The molecule has 0 heterocycles. The molecule has 0 aromatic heterocycles. The summed E-state index contributed by atoms with van der Waals surface area (Å²) in [5, 5.41) is 0. The summed E-state index contributed by atoms with van der Waals surface area (Å²) in [5.74, 6) is -6.09. The van der Waals surface area contributed by atoms with Crippen molar-refractivity contribution in [1.82, 2.24) is 0 Å². The van der Waals surface area contributed by atoms with Gasteiger partial charge in [0.1, 0.15) is 11.8 Å². The van der Waals surface area contributed by atoms with E-state index in [1.165, 1.54) is 0 Å². The van der Waals surface area contributed by atoms with Crippen molar-refractivity contribution < 1.29 is 35.5 Å². The first-order valence-electron chi connectivity index (χ1n) is 4.81. The lowest BCUT2D eigenvalue weighted by Crippen LogP contribution is -2.46. The number of ether oxygens (including phenoxy) is 1. The fourth-order valence-electron chi connectivity index (χ4n) is 1.31. The van der Waals surface area contributed by atoms with Crippen molar-refractivity contribution in [2.75, 3.05) is 0 Å². The molecule has 0 radical (unpaired) electrons. The molecule has 2 nitrogen and oxygen atoms in total. The third-order valence-corrected chi connectivity index (χ3v) is 2.24. The molecule has 0 amide bonds. The average Bonchev–Trinajstić information content (AvgIpc) is 2.26. The molecular formula is C10H8F7NO. The molecule has 1 aromatic rings. The minimum atomic E-state index is -5.90. The summed E-state index contributed by atoms with van der Waals surface area (Å²) in [6, 6.07) is 0.970. The van der Waals surface area contributed by atoms with Gasteiger partial charge in [0.2, 0.25) is 0 Å². The summed E-state index contributed by atoms with van der Waals surface area (Å²) in [6.07, 6.45) is -5.90. The molecule has 1 aromatic carbocycles. The summed E-state index contributed by atoms with van der Waals surface area (Å²) >= 11 is 0. The van der Waals surface area contributed by atoms with Crippen LogP contribution in [0.3, 0.4) is 0 Å². The Morgan fingerprint density at radius 3 is 2.00 bits per heavy atom. The molecule has 0 unspecified atom stereocenters. The van der Waals surface area contributed by atoms with Gasteiger partial charge in [-0.05, 0) is 6.07 Å². The van der Waals surface area contributed by atoms with Crippen LogP contribution in [0.25, 0.3) is 0 Å². The summed E-state index contributed by atoms with van der Waals surface area (Å²) in [6.45, 7) is -3.37. The highest BCUT2D eigenvalue weighted by Gasteiger charge is 2.62. The smallest absolute Gasteiger partial charge is 0.434 e. The van der Waals surface area contributed by atoms with Crippen molar-refractivity contribution in [2.24, 2.45) is 5.73 Å². The van der Waals surface area contributed by atoms with Crippen molar-refractivity contribution in [3.8, 4) is 5.75 Å². The molecule has 0 aliphatic rings. The van der Waals surface area contributed by atoms with Gasteiger partial charge < -0.3 is 10.5 Å². The number of benzene rings is 1. The highest BCUT2D eigenvalue weighted by atomic mass is 19.4. The van der Waals surface area contributed by atoms with Crippen LogP contribution in [0, 0.1) is 0 Å². The first kappa shape index (κ1) is 15.5. The maximum Gasteiger partial charge on any atom is 0.455 e. The van der Waals surface area contributed by atoms with E-state index >= 15 is 0 Å². The summed E-state index contributed by atoms with van der Waals surface area (Å²) in [7, 11) is 0. The Hall–Kier alpha value is -1.51. The van der Waals surface area contributed by atoms with Crippen molar-refractivity contribution in [3.05, 3.63) is 29.8 Å². The zero-order chi connectivity index (χ0) is 14.8. The van der Waals surface area contributed by atoms with Crippen molar-refractivity contribution in [3.63, 3.8) is 0 Å². The fourth-order valence-corrected chi connectivity index (χ4v) is 1.31. The van der Waals surface area contributed by atoms with Gasteiger partial charge in [-0.2, -0.15) is 30.7 Å². The molecule has 0 aliphatic heterocycles. The number of hydrogen-bond acceptors (Lipinski definition) is 2. The first-order chi connectivity index (χ1) is 8.57. The van der Waals surface area contributed by atoms with Crippen LogP contribution in [0.15, 0.2) is 24.3 Å². The predicted octanol–water partition coefficient (Wildman–Crippen LogP) is 3.49. The predicted molar refractivity (Wildman–Crippen MR) is 51.0 cm³/mol. The molecule has 0 aliphatic carbocycles. The molecule has 2 N–H and O–H groups in total. The summed E-state index contributed by atoms with van der Waals surface area (Å²) in [5.41, 5.74) is 3.98. The van der Waals surface area contributed by atoms with Gasteiger partial charge in [-0.25, -0.2) is 0 Å². The van der Waals surface area contributed by atoms with Crippen LogP contribution in [0.2, 0.25) is 0 Å². The standard InChI is InChI=1S/C10H8F7NO/c11-8(12)19-6-4-2-1-3-5(6)7(18)9(13,14)10(15,16)17/h1-4,7-8H,18H2/t7-/m0/s1. The molecule has 0 saturated heterocycles. The third-order valence-electron chi connectivity index (χ3n) is 2.24. The van der Waals surface area contributed by atoms with Gasteiger partial charge in [-0.15, -0.1) is 0 Å². The quantitative estimate of drug-likeness (QED) is 0.862. The Labute approximate surface area is 103 Å². The van der Waals surface area contributed by atoms with E-state index in [0.717, 1.165) is 24.3 Å². The fraction of sp³-hybridized carbons (Fsp3) is 0.400. The lowest BCUT2D eigenvalue weighted by atomic mass is 10.00.